The molecule has 0 aliphatic heterocycles. The van der Waals surface area contributed by atoms with Crippen molar-refractivity contribution in [2.75, 3.05) is 37.6 Å². The zero-order valence-electron chi connectivity index (χ0n) is 24.5. The van der Waals surface area contributed by atoms with E-state index in [0.29, 0.717) is 22.6 Å². The Morgan fingerprint density at radius 2 is 1.82 bits per heavy atom. The number of amides is 2. The van der Waals surface area contributed by atoms with Gasteiger partial charge in [-0.15, -0.1) is 11.3 Å². The number of ether oxygens (including phenoxy) is 3. The predicted molar refractivity (Wildman–Crippen MR) is 162 cm³/mol. The van der Waals surface area contributed by atoms with Crippen LogP contribution in [-0.4, -0.2) is 75.0 Å². The third kappa shape index (κ3) is 7.60. The fourth-order valence-electron chi connectivity index (χ4n) is 4.74. The summed E-state index contributed by atoms with van der Waals surface area (Å²) in [5.41, 5.74) is 1.72. The molecule has 1 unspecified atom stereocenters. The number of thiophene rings is 1. The number of hydrogen-bond donors (Lipinski definition) is 1. The van der Waals surface area contributed by atoms with Crippen molar-refractivity contribution >= 4 is 77.5 Å². The number of aromatic nitrogens is 1. The quantitative estimate of drug-likeness (QED) is 0.250. The van der Waals surface area contributed by atoms with Gasteiger partial charge in [0.05, 0.1) is 42.2 Å². The third-order valence-corrected chi connectivity index (χ3v) is 10.4. The molecule has 0 saturated heterocycles. The maximum Gasteiger partial charge on any atom is 0.341 e. The molecule has 1 atom stereocenters. The molecule has 1 aliphatic rings. The molecule has 0 fully saturated rings. The number of nitrogens with one attached hydrogen (secondary N) is 1. The van der Waals surface area contributed by atoms with E-state index >= 15 is 0 Å². The van der Waals surface area contributed by atoms with Crippen LogP contribution in [0.5, 0.6) is 0 Å². The number of carbonyl (C=O) groups is 5. The maximum absolute atomic E-state index is 12.8. The summed E-state index contributed by atoms with van der Waals surface area (Å²) >= 11 is 2.17. The lowest BCUT2D eigenvalue weighted by molar-refractivity contribution is -0.141. The SMILES string of the molecule is CCOC(=O)c1ccc2c(c1)sc(=NC(=O)CS(=O)(=O)CC(=O)Nc1sc3c(c1C(=O)OC)CCC(C)C3)n2CC(=O)OC. The minimum atomic E-state index is -4.29. The Kier molecular flexibility index (Phi) is 10.4. The second-order valence-electron chi connectivity index (χ2n) is 10.1. The molecule has 1 aromatic carbocycles. The summed E-state index contributed by atoms with van der Waals surface area (Å²) in [4.78, 5) is 67.2. The normalized spacial score (nSPS) is 15.0. The Balaban J connectivity index is 1.55. The summed E-state index contributed by atoms with van der Waals surface area (Å²) < 4.78 is 42.2. The first-order chi connectivity index (χ1) is 20.8. The first kappa shape index (κ1) is 33.0. The molecule has 1 aliphatic carbocycles. The van der Waals surface area contributed by atoms with Crippen molar-refractivity contribution in [1.29, 1.82) is 0 Å². The van der Waals surface area contributed by atoms with Crippen LogP contribution < -0.4 is 10.1 Å². The van der Waals surface area contributed by atoms with E-state index < -0.39 is 51.1 Å². The number of benzene rings is 1. The number of thiazole rings is 1. The standard InChI is InChI=1S/C28H31N3O10S3/c1-5-41-26(35)16-7-9-18-20(11-16)43-28(31(18)12-23(34)39-3)30-22(33)14-44(37,38)13-21(32)29-25-24(27(36)40-4)17-8-6-15(2)10-19(17)42-25/h7,9,11,15H,5-6,8,10,12-14H2,1-4H3,(H,29,32). The number of hydrogen-bond acceptors (Lipinski definition) is 12. The van der Waals surface area contributed by atoms with Gasteiger partial charge in [-0.25, -0.2) is 18.0 Å². The Hall–Kier alpha value is -3.89. The average molecular weight is 666 g/mol. The van der Waals surface area contributed by atoms with Gasteiger partial charge in [0.2, 0.25) is 5.91 Å². The number of methoxy groups -OCH3 is 2. The highest BCUT2D eigenvalue weighted by Gasteiger charge is 2.30. The summed E-state index contributed by atoms with van der Waals surface area (Å²) in [6.45, 7) is 3.60. The molecule has 44 heavy (non-hydrogen) atoms. The molecular formula is C28H31N3O10S3. The molecule has 4 rings (SSSR count). The topological polar surface area (TPSA) is 176 Å². The summed E-state index contributed by atoms with van der Waals surface area (Å²) in [7, 11) is -1.87. The molecule has 0 bridgehead atoms. The molecule has 0 spiro atoms. The smallest absolute Gasteiger partial charge is 0.341 e. The van der Waals surface area contributed by atoms with Crippen molar-refractivity contribution in [1.82, 2.24) is 4.57 Å². The maximum atomic E-state index is 12.8. The Morgan fingerprint density at radius 1 is 1.07 bits per heavy atom. The zero-order chi connectivity index (χ0) is 32.2. The lowest BCUT2D eigenvalue weighted by Gasteiger charge is -2.18. The Morgan fingerprint density at radius 3 is 2.50 bits per heavy atom. The molecule has 2 amide bonds. The largest absolute Gasteiger partial charge is 0.468 e. The summed E-state index contributed by atoms with van der Waals surface area (Å²) in [6.07, 6.45) is 2.23. The van der Waals surface area contributed by atoms with E-state index in [0.717, 1.165) is 34.6 Å². The van der Waals surface area contributed by atoms with Gasteiger partial charge in [-0.3, -0.25) is 14.4 Å². The van der Waals surface area contributed by atoms with E-state index in [1.54, 1.807) is 13.0 Å². The van der Waals surface area contributed by atoms with E-state index in [-0.39, 0.29) is 34.1 Å². The van der Waals surface area contributed by atoms with Crippen molar-refractivity contribution < 1.29 is 46.6 Å². The molecule has 16 heteroatoms. The van der Waals surface area contributed by atoms with Crippen LogP contribution >= 0.6 is 22.7 Å². The number of nitrogens with zero attached hydrogens (tertiary/aromatic N) is 2. The molecule has 1 N–H and O–H groups in total. The molecule has 13 nitrogen and oxygen atoms in total. The molecular weight excluding hydrogens is 635 g/mol. The van der Waals surface area contributed by atoms with Gasteiger partial charge in [0.15, 0.2) is 14.6 Å². The van der Waals surface area contributed by atoms with Gasteiger partial charge >= 0.3 is 17.9 Å². The number of rotatable bonds is 10. The van der Waals surface area contributed by atoms with Gasteiger partial charge in [0.25, 0.3) is 5.91 Å². The molecule has 2 heterocycles. The fraction of sp³-hybridized carbons (Fsp3) is 0.429. The summed E-state index contributed by atoms with van der Waals surface area (Å²) in [6, 6.07) is 4.56. The van der Waals surface area contributed by atoms with Crippen LogP contribution in [0.3, 0.4) is 0 Å². The minimum absolute atomic E-state index is 0.00262. The first-order valence-corrected chi connectivity index (χ1v) is 17.0. The van der Waals surface area contributed by atoms with E-state index in [2.05, 4.69) is 17.2 Å². The molecule has 2 aromatic heterocycles. The zero-order valence-corrected chi connectivity index (χ0v) is 26.9. The van der Waals surface area contributed by atoms with Gasteiger partial charge in [-0.2, -0.15) is 4.99 Å². The number of esters is 3. The van der Waals surface area contributed by atoms with Crippen LogP contribution in [0, 0.1) is 5.92 Å². The number of carbonyl (C=O) groups excluding carboxylic acids is 5. The van der Waals surface area contributed by atoms with Crippen LogP contribution in [0.25, 0.3) is 10.2 Å². The van der Waals surface area contributed by atoms with Gasteiger partial charge in [-0.05, 0) is 55.9 Å². The minimum Gasteiger partial charge on any atom is -0.468 e. The van der Waals surface area contributed by atoms with Crippen molar-refractivity contribution in [2.45, 2.75) is 39.7 Å². The van der Waals surface area contributed by atoms with Crippen molar-refractivity contribution in [3.05, 3.63) is 44.6 Å². The van der Waals surface area contributed by atoms with Crippen LogP contribution in [0.15, 0.2) is 23.2 Å². The van der Waals surface area contributed by atoms with Gasteiger partial charge in [0, 0.05) is 4.88 Å². The van der Waals surface area contributed by atoms with Crippen LogP contribution in [0.4, 0.5) is 5.00 Å². The monoisotopic (exact) mass is 665 g/mol. The number of fused-ring (bicyclic) bond motifs is 2. The van der Waals surface area contributed by atoms with E-state index in [1.165, 1.54) is 42.3 Å². The van der Waals surface area contributed by atoms with E-state index in [1.807, 2.05) is 0 Å². The van der Waals surface area contributed by atoms with Gasteiger partial charge in [0.1, 0.15) is 23.1 Å². The van der Waals surface area contributed by atoms with E-state index in [4.69, 9.17) is 14.2 Å². The second kappa shape index (κ2) is 13.8. The van der Waals surface area contributed by atoms with Crippen molar-refractivity contribution in [2.24, 2.45) is 10.9 Å². The number of sulfone groups is 1. The predicted octanol–water partition coefficient (Wildman–Crippen LogP) is 2.51. The molecule has 236 valence electrons. The highest BCUT2D eigenvalue weighted by atomic mass is 32.2. The fourth-order valence-corrected chi connectivity index (χ4v) is 8.26. The molecule has 3 aromatic rings. The van der Waals surface area contributed by atoms with Crippen molar-refractivity contribution in [3.8, 4) is 0 Å². The lowest BCUT2D eigenvalue weighted by Crippen LogP contribution is -2.29. The Bertz CT molecular complexity index is 1820. The van der Waals surface area contributed by atoms with Crippen LogP contribution in [0.2, 0.25) is 0 Å². The van der Waals surface area contributed by atoms with Gasteiger partial charge < -0.3 is 24.1 Å². The number of anilines is 1. The highest BCUT2D eigenvalue weighted by Crippen LogP contribution is 2.40. The van der Waals surface area contributed by atoms with Crippen molar-refractivity contribution in [3.63, 3.8) is 0 Å². The molecule has 0 radical (unpaired) electrons. The average Bonchev–Trinajstić information content (AvgIpc) is 3.47. The van der Waals surface area contributed by atoms with Gasteiger partial charge in [-0.1, -0.05) is 18.3 Å². The second-order valence-corrected chi connectivity index (χ2v) is 14.3. The third-order valence-electron chi connectivity index (χ3n) is 6.78. The van der Waals surface area contributed by atoms with Crippen LogP contribution in [0.1, 0.15) is 51.4 Å². The molecule has 0 saturated carbocycles. The van der Waals surface area contributed by atoms with Crippen LogP contribution in [-0.2, 0) is 57.8 Å². The Labute approximate surface area is 260 Å². The lowest BCUT2D eigenvalue weighted by atomic mass is 9.88. The highest BCUT2D eigenvalue weighted by molar-refractivity contribution is 7.92. The summed E-state index contributed by atoms with van der Waals surface area (Å²) in [5, 5.41) is 2.73. The summed E-state index contributed by atoms with van der Waals surface area (Å²) in [5.74, 6) is -5.51. The first-order valence-electron chi connectivity index (χ1n) is 13.5. The van der Waals surface area contributed by atoms with E-state index in [9.17, 15) is 32.4 Å².